The van der Waals surface area contributed by atoms with Gasteiger partial charge in [-0.2, -0.15) is 0 Å². The van der Waals surface area contributed by atoms with E-state index in [0.717, 1.165) is 37.9 Å². The molecule has 3 nitrogen and oxygen atoms in total. The molecular formula is C16H20O3. The number of benzene rings is 1. The SMILES string of the molecule is COc1ccc2c(c1)CCC1CC(C(=O)O)CCC21. The van der Waals surface area contributed by atoms with Gasteiger partial charge in [0.25, 0.3) is 0 Å². The lowest BCUT2D eigenvalue weighted by Gasteiger charge is -2.39. The minimum atomic E-state index is -0.612. The minimum absolute atomic E-state index is 0.124. The summed E-state index contributed by atoms with van der Waals surface area (Å²) in [6.45, 7) is 0. The molecule has 0 amide bonds. The summed E-state index contributed by atoms with van der Waals surface area (Å²) in [5.74, 6) is 1.30. The molecule has 3 heteroatoms. The molecule has 0 radical (unpaired) electrons. The monoisotopic (exact) mass is 260 g/mol. The van der Waals surface area contributed by atoms with E-state index in [-0.39, 0.29) is 5.92 Å². The van der Waals surface area contributed by atoms with Crippen molar-refractivity contribution in [3.05, 3.63) is 29.3 Å². The quantitative estimate of drug-likeness (QED) is 0.888. The highest BCUT2D eigenvalue weighted by Gasteiger charge is 2.37. The van der Waals surface area contributed by atoms with Crippen molar-refractivity contribution in [2.24, 2.45) is 11.8 Å². The number of carboxylic acids is 1. The number of methoxy groups -OCH3 is 1. The van der Waals surface area contributed by atoms with Crippen LogP contribution in [0.15, 0.2) is 18.2 Å². The zero-order chi connectivity index (χ0) is 13.4. The fraction of sp³-hybridized carbons (Fsp3) is 0.562. The number of carbonyl (C=O) groups is 1. The summed E-state index contributed by atoms with van der Waals surface area (Å²) < 4.78 is 5.29. The first kappa shape index (κ1) is 12.5. The molecule has 1 aromatic carbocycles. The largest absolute Gasteiger partial charge is 0.497 e. The number of carboxylic acid groups (broad SMARTS) is 1. The number of ether oxygens (including phenoxy) is 1. The Bertz CT molecular complexity index is 495. The van der Waals surface area contributed by atoms with E-state index < -0.39 is 5.97 Å². The summed E-state index contributed by atoms with van der Waals surface area (Å²) in [5.41, 5.74) is 2.83. The third kappa shape index (κ3) is 2.22. The van der Waals surface area contributed by atoms with E-state index in [9.17, 15) is 9.90 Å². The van der Waals surface area contributed by atoms with Gasteiger partial charge in [-0.15, -0.1) is 0 Å². The lowest BCUT2D eigenvalue weighted by Crippen LogP contribution is -2.31. The van der Waals surface area contributed by atoms with Crippen molar-refractivity contribution in [3.8, 4) is 5.75 Å². The van der Waals surface area contributed by atoms with Gasteiger partial charge in [-0.25, -0.2) is 0 Å². The van der Waals surface area contributed by atoms with Crippen LogP contribution in [-0.4, -0.2) is 18.2 Å². The number of hydrogen-bond donors (Lipinski definition) is 1. The third-order valence-corrected chi connectivity index (χ3v) is 4.87. The minimum Gasteiger partial charge on any atom is -0.497 e. The van der Waals surface area contributed by atoms with Gasteiger partial charge >= 0.3 is 5.97 Å². The van der Waals surface area contributed by atoms with Crippen LogP contribution in [0.1, 0.15) is 42.7 Å². The molecule has 2 aliphatic carbocycles. The molecule has 1 saturated carbocycles. The first-order valence-corrected chi connectivity index (χ1v) is 7.08. The van der Waals surface area contributed by atoms with Crippen LogP contribution >= 0.6 is 0 Å². The van der Waals surface area contributed by atoms with E-state index in [2.05, 4.69) is 12.1 Å². The van der Waals surface area contributed by atoms with E-state index >= 15 is 0 Å². The van der Waals surface area contributed by atoms with Gasteiger partial charge in [0, 0.05) is 0 Å². The van der Waals surface area contributed by atoms with Gasteiger partial charge < -0.3 is 9.84 Å². The first-order valence-electron chi connectivity index (χ1n) is 7.08. The first-order chi connectivity index (χ1) is 9.19. The van der Waals surface area contributed by atoms with Crippen LogP contribution in [0.4, 0.5) is 0 Å². The Kier molecular flexibility index (Phi) is 3.21. The Labute approximate surface area is 113 Å². The number of hydrogen-bond acceptors (Lipinski definition) is 2. The van der Waals surface area contributed by atoms with Crippen LogP contribution < -0.4 is 4.74 Å². The molecule has 0 saturated heterocycles. The molecule has 0 spiro atoms. The summed E-state index contributed by atoms with van der Waals surface area (Å²) in [5, 5.41) is 9.18. The Morgan fingerprint density at radius 3 is 2.89 bits per heavy atom. The molecular weight excluding hydrogens is 240 g/mol. The maximum Gasteiger partial charge on any atom is 0.306 e. The zero-order valence-corrected chi connectivity index (χ0v) is 11.3. The molecule has 3 rings (SSSR count). The Balaban J connectivity index is 1.85. The number of aryl methyl sites for hydroxylation is 1. The fourth-order valence-corrected chi connectivity index (χ4v) is 3.84. The summed E-state index contributed by atoms with van der Waals surface area (Å²) >= 11 is 0. The summed E-state index contributed by atoms with van der Waals surface area (Å²) in [4.78, 5) is 11.1. The molecule has 102 valence electrons. The maximum atomic E-state index is 11.1. The predicted octanol–water partition coefficient (Wildman–Crippen LogP) is 3.23. The van der Waals surface area contributed by atoms with Crippen LogP contribution in [0.5, 0.6) is 5.75 Å². The summed E-state index contributed by atoms with van der Waals surface area (Å²) in [6, 6.07) is 6.37. The molecule has 19 heavy (non-hydrogen) atoms. The van der Waals surface area contributed by atoms with Crippen LogP contribution in [0.2, 0.25) is 0 Å². The van der Waals surface area contributed by atoms with E-state index in [4.69, 9.17) is 4.74 Å². The lowest BCUT2D eigenvalue weighted by atomic mass is 9.65. The Morgan fingerprint density at radius 2 is 2.16 bits per heavy atom. The zero-order valence-electron chi connectivity index (χ0n) is 11.3. The van der Waals surface area contributed by atoms with E-state index in [1.54, 1.807) is 7.11 Å². The molecule has 1 aromatic rings. The highest BCUT2D eigenvalue weighted by molar-refractivity contribution is 5.70. The van der Waals surface area contributed by atoms with Gasteiger partial charge in [0.15, 0.2) is 0 Å². The summed E-state index contributed by atoms with van der Waals surface area (Å²) in [7, 11) is 1.70. The fourth-order valence-electron chi connectivity index (χ4n) is 3.84. The van der Waals surface area contributed by atoms with Crippen LogP contribution in [-0.2, 0) is 11.2 Å². The molecule has 0 aromatic heterocycles. The van der Waals surface area contributed by atoms with Crippen LogP contribution in [0.3, 0.4) is 0 Å². The van der Waals surface area contributed by atoms with E-state index in [0.29, 0.717) is 11.8 Å². The predicted molar refractivity (Wildman–Crippen MR) is 72.5 cm³/mol. The second-order valence-electron chi connectivity index (χ2n) is 5.82. The number of rotatable bonds is 2. The molecule has 1 N–H and O–H groups in total. The van der Waals surface area contributed by atoms with Crippen molar-refractivity contribution < 1.29 is 14.6 Å². The van der Waals surface area contributed by atoms with Gasteiger partial charge in [0.1, 0.15) is 5.75 Å². The molecule has 1 fully saturated rings. The molecule has 0 heterocycles. The standard InChI is InChI=1S/C16H20O3/c1-19-13-5-7-15-11(9-13)3-2-10-8-12(16(17)18)4-6-14(10)15/h5,7,9-10,12,14H,2-4,6,8H2,1H3,(H,17,18). The van der Waals surface area contributed by atoms with Crippen molar-refractivity contribution in [2.75, 3.05) is 7.11 Å². The van der Waals surface area contributed by atoms with E-state index in [1.165, 1.54) is 11.1 Å². The number of fused-ring (bicyclic) bond motifs is 3. The molecule has 2 aliphatic rings. The molecule has 0 bridgehead atoms. The van der Waals surface area contributed by atoms with Crippen molar-refractivity contribution >= 4 is 5.97 Å². The van der Waals surface area contributed by atoms with Gasteiger partial charge in [-0.1, -0.05) is 6.07 Å². The van der Waals surface area contributed by atoms with Crippen molar-refractivity contribution in [1.29, 1.82) is 0 Å². The van der Waals surface area contributed by atoms with Crippen molar-refractivity contribution in [2.45, 2.75) is 38.0 Å². The second kappa shape index (κ2) is 4.87. The summed E-state index contributed by atoms with van der Waals surface area (Å²) in [6.07, 6.45) is 4.86. The topological polar surface area (TPSA) is 46.5 Å². The maximum absolute atomic E-state index is 11.1. The smallest absolute Gasteiger partial charge is 0.306 e. The highest BCUT2D eigenvalue weighted by Crippen LogP contribution is 2.47. The van der Waals surface area contributed by atoms with Crippen molar-refractivity contribution in [3.63, 3.8) is 0 Å². The second-order valence-corrected chi connectivity index (χ2v) is 5.82. The normalized spacial score (nSPS) is 29.2. The van der Waals surface area contributed by atoms with Gasteiger partial charge in [-0.05, 0) is 67.2 Å². The highest BCUT2D eigenvalue weighted by atomic mass is 16.5. The number of aliphatic carboxylic acids is 1. The van der Waals surface area contributed by atoms with Gasteiger partial charge in [0.2, 0.25) is 0 Å². The molecule has 0 aliphatic heterocycles. The van der Waals surface area contributed by atoms with Gasteiger partial charge in [0.05, 0.1) is 13.0 Å². The average Bonchev–Trinajstić information content (AvgIpc) is 2.45. The Morgan fingerprint density at radius 1 is 1.32 bits per heavy atom. The molecule has 3 unspecified atom stereocenters. The van der Waals surface area contributed by atoms with Gasteiger partial charge in [-0.3, -0.25) is 4.79 Å². The van der Waals surface area contributed by atoms with Crippen molar-refractivity contribution in [1.82, 2.24) is 0 Å². The Hall–Kier alpha value is -1.51. The average molecular weight is 260 g/mol. The van der Waals surface area contributed by atoms with E-state index in [1.807, 2.05) is 6.07 Å². The lowest BCUT2D eigenvalue weighted by molar-refractivity contribution is -0.143. The molecule has 3 atom stereocenters. The van der Waals surface area contributed by atoms with Crippen LogP contribution in [0, 0.1) is 11.8 Å². The third-order valence-electron chi connectivity index (χ3n) is 4.87. The van der Waals surface area contributed by atoms with Crippen LogP contribution in [0.25, 0.3) is 0 Å².